The minimum Gasteiger partial charge on any atom is -0.633 e. The Morgan fingerprint density at radius 3 is 1.22 bits per heavy atom. The van der Waals surface area contributed by atoms with Crippen LogP contribution in [0.15, 0.2) is 60.7 Å². The highest BCUT2D eigenvalue weighted by molar-refractivity contribution is 5.78. The van der Waals surface area contributed by atoms with Gasteiger partial charge in [-0.15, -0.1) is 0 Å². The third-order valence-corrected chi connectivity index (χ3v) is 11.5. The lowest BCUT2D eigenvalue weighted by Gasteiger charge is -2.37. The van der Waals surface area contributed by atoms with E-state index in [-0.39, 0.29) is 21.4 Å². The number of amides is 2. The molecule has 0 saturated carbocycles. The largest absolute Gasteiger partial charge is 0.633 e. The number of nitrogens with one attached hydrogen (secondary N) is 1. The summed E-state index contributed by atoms with van der Waals surface area (Å²) in [5.74, 6) is 0.567. The van der Waals surface area contributed by atoms with Gasteiger partial charge in [-0.05, 0) is 50.7 Å². The Balaban J connectivity index is 0.000000550. The number of carbonyl (C=O) groups is 2. The molecule has 0 aliphatic heterocycles. The van der Waals surface area contributed by atoms with Crippen molar-refractivity contribution in [2.45, 2.75) is 155 Å². The Hall–Kier alpha value is -2.74. The van der Waals surface area contributed by atoms with Crippen molar-refractivity contribution in [2.75, 3.05) is 67.5 Å². The van der Waals surface area contributed by atoms with E-state index in [0.717, 1.165) is 83.8 Å². The first-order valence-electron chi connectivity index (χ1n) is 22.3. The number of hydrogen-bond acceptors (Lipinski definition) is 3. The Morgan fingerprint density at radius 2 is 0.927 bits per heavy atom. The zero-order chi connectivity index (χ0) is 41.2. The minimum absolute atomic E-state index is 0.00934. The number of unbranched alkanes of at least 4 members (excludes halogenated alkanes) is 4. The predicted molar refractivity (Wildman–Crippen MR) is 235 cm³/mol. The molecule has 0 bridgehead atoms. The number of rotatable bonds is 28. The number of benzene rings is 2. The second-order valence-corrected chi connectivity index (χ2v) is 17.0. The standard InChI is InChI=1S/C24H42N2O2.C24H42N2O/c1-6-9-17-24(18-10-7-2,22-15-12-11-13-16-22)21-23(27)25(8-3)19-14-20-26(4,5)28;1-6-9-17-24(18-10-7-2,22-15-12-11-13-16-22)21-23(27)26(8-3)20-14-19-25(4)5/h11-13,15-16H,6-10,14,17-21H2,1-5H3;11-13,15-16H,6-10,14,17-21H2,1-5H3/p+1. The van der Waals surface area contributed by atoms with Crippen LogP contribution in [0.1, 0.15) is 155 Å². The Morgan fingerprint density at radius 1 is 0.582 bits per heavy atom. The molecule has 0 radical (unpaired) electrons. The van der Waals surface area contributed by atoms with Crippen LogP contribution in [0.25, 0.3) is 0 Å². The van der Waals surface area contributed by atoms with Crippen LogP contribution >= 0.6 is 0 Å². The quantitative estimate of drug-likeness (QED) is 0.0694. The number of hydrogen-bond donors (Lipinski definition) is 1. The van der Waals surface area contributed by atoms with Gasteiger partial charge in [-0.1, -0.05) is 140 Å². The van der Waals surface area contributed by atoms with E-state index < -0.39 is 0 Å². The lowest BCUT2D eigenvalue weighted by Crippen LogP contribution is -3.05. The molecule has 0 atom stereocenters. The summed E-state index contributed by atoms with van der Waals surface area (Å²) in [4.78, 5) is 32.1. The predicted octanol–water partition coefficient (Wildman–Crippen LogP) is 9.59. The van der Waals surface area contributed by atoms with Crippen LogP contribution in [-0.2, 0) is 20.4 Å². The molecular formula is C48H85N4O3+. The maximum Gasteiger partial charge on any atom is 0.223 e. The summed E-state index contributed by atoms with van der Waals surface area (Å²) in [5, 5.41) is 11.8. The number of nitrogens with zero attached hydrogens (tertiary/aromatic N) is 3. The van der Waals surface area contributed by atoms with Crippen molar-refractivity contribution >= 4 is 11.8 Å². The molecule has 2 aromatic rings. The normalized spacial score (nSPS) is 12.0. The average Bonchev–Trinajstić information content (AvgIpc) is 3.17. The molecular weight excluding hydrogens is 681 g/mol. The van der Waals surface area contributed by atoms with E-state index in [4.69, 9.17) is 0 Å². The summed E-state index contributed by atoms with van der Waals surface area (Å²) in [6.07, 6.45) is 16.7. The van der Waals surface area contributed by atoms with Crippen molar-refractivity contribution in [3.8, 4) is 0 Å². The van der Waals surface area contributed by atoms with Crippen molar-refractivity contribution in [2.24, 2.45) is 0 Å². The van der Waals surface area contributed by atoms with Crippen molar-refractivity contribution in [3.63, 3.8) is 0 Å². The SMILES string of the molecule is CCCCC(CCCC)(CC(=O)N(CC)CCC[N+](C)(C)[O-])c1ccccc1.CCCCC(CCCC)(CC(=O)N(CC)CCC[NH+](C)C)c1ccccc1. The molecule has 2 rings (SSSR count). The van der Waals surface area contributed by atoms with Gasteiger partial charge >= 0.3 is 0 Å². The maximum atomic E-state index is 13.3. The van der Waals surface area contributed by atoms with Crippen LogP contribution < -0.4 is 4.90 Å². The summed E-state index contributed by atoms with van der Waals surface area (Å²) in [5.41, 5.74) is 2.57. The molecule has 0 fully saturated rings. The molecule has 314 valence electrons. The summed E-state index contributed by atoms with van der Waals surface area (Å²) in [6, 6.07) is 21.5. The molecule has 2 amide bonds. The summed E-state index contributed by atoms with van der Waals surface area (Å²) < 4.78 is -0.299. The Kier molecular flexibility index (Phi) is 25.4. The van der Waals surface area contributed by atoms with Crippen LogP contribution in [0.5, 0.6) is 0 Å². The second kappa shape index (κ2) is 27.8. The van der Waals surface area contributed by atoms with Crippen molar-refractivity contribution in [1.82, 2.24) is 9.80 Å². The molecule has 0 spiro atoms. The van der Waals surface area contributed by atoms with E-state index in [0.29, 0.717) is 38.4 Å². The molecule has 0 heterocycles. The molecule has 0 aromatic heterocycles. The maximum absolute atomic E-state index is 13.3. The highest BCUT2D eigenvalue weighted by Gasteiger charge is 2.36. The van der Waals surface area contributed by atoms with Gasteiger partial charge in [0.1, 0.15) is 0 Å². The average molecular weight is 766 g/mol. The fourth-order valence-electron chi connectivity index (χ4n) is 8.02. The van der Waals surface area contributed by atoms with Crippen molar-refractivity contribution in [1.29, 1.82) is 0 Å². The van der Waals surface area contributed by atoms with Gasteiger partial charge in [-0.3, -0.25) is 9.59 Å². The lowest BCUT2D eigenvalue weighted by molar-refractivity contribution is -0.858. The Bertz CT molecular complexity index is 1240. The topological polar surface area (TPSA) is 68.1 Å². The first-order valence-corrected chi connectivity index (χ1v) is 22.3. The van der Waals surface area contributed by atoms with Crippen LogP contribution in [-0.4, -0.2) is 93.7 Å². The number of hydroxylamine groups is 3. The molecule has 55 heavy (non-hydrogen) atoms. The van der Waals surface area contributed by atoms with Gasteiger partial charge in [-0.25, -0.2) is 0 Å². The van der Waals surface area contributed by atoms with Gasteiger partial charge in [0, 0.05) is 62.7 Å². The summed E-state index contributed by atoms with van der Waals surface area (Å²) in [6.45, 7) is 17.8. The lowest BCUT2D eigenvalue weighted by atomic mass is 9.70. The van der Waals surface area contributed by atoms with E-state index in [1.807, 2.05) is 11.8 Å². The van der Waals surface area contributed by atoms with E-state index in [1.165, 1.54) is 41.7 Å². The van der Waals surface area contributed by atoms with E-state index in [2.05, 4.69) is 114 Å². The molecule has 0 aliphatic carbocycles. The third kappa shape index (κ3) is 19.3. The molecule has 0 aliphatic rings. The molecule has 0 unspecified atom stereocenters. The van der Waals surface area contributed by atoms with Crippen molar-refractivity contribution < 1.29 is 19.1 Å². The zero-order valence-electron chi connectivity index (χ0n) is 37.4. The molecule has 7 heteroatoms. The summed E-state index contributed by atoms with van der Waals surface area (Å²) >= 11 is 0. The van der Waals surface area contributed by atoms with Crippen LogP contribution in [0.2, 0.25) is 0 Å². The van der Waals surface area contributed by atoms with E-state index in [9.17, 15) is 14.8 Å². The molecule has 7 nitrogen and oxygen atoms in total. The first kappa shape index (κ1) is 50.3. The smallest absolute Gasteiger partial charge is 0.223 e. The number of carbonyl (C=O) groups excluding carboxylic acids is 2. The van der Waals surface area contributed by atoms with Gasteiger partial charge in [-0.2, -0.15) is 0 Å². The van der Waals surface area contributed by atoms with Crippen LogP contribution in [0, 0.1) is 5.21 Å². The van der Waals surface area contributed by atoms with Gasteiger partial charge in [0.2, 0.25) is 11.8 Å². The molecule has 1 N–H and O–H groups in total. The van der Waals surface area contributed by atoms with Gasteiger partial charge < -0.3 is 24.6 Å². The first-order chi connectivity index (χ1) is 26.3. The molecule has 0 saturated heterocycles. The van der Waals surface area contributed by atoms with Gasteiger partial charge in [0.05, 0.1) is 41.3 Å². The fraction of sp³-hybridized carbons (Fsp3) is 0.708. The van der Waals surface area contributed by atoms with E-state index in [1.54, 1.807) is 14.1 Å². The highest BCUT2D eigenvalue weighted by Crippen LogP contribution is 2.40. The summed E-state index contributed by atoms with van der Waals surface area (Å²) in [7, 11) is 7.67. The zero-order valence-corrected chi connectivity index (χ0v) is 37.4. The van der Waals surface area contributed by atoms with E-state index >= 15 is 0 Å². The monoisotopic (exact) mass is 766 g/mol. The minimum atomic E-state index is -0.299. The fourth-order valence-corrected chi connectivity index (χ4v) is 8.02. The second-order valence-electron chi connectivity index (χ2n) is 17.0. The number of quaternary nitrogens is 2. The van der Waals surface area contributed by atoms with Crippen LogP contribution in [0.3, 0.4) is 0 Å². The Labute approximate surface area is 339 Å². The van der Waals surface area contributed by atoms with Gasteiger partial charge in [0.25, 0.3) is 0 Å². The third-order valence-electron chi connectivity index (χ3n) is 11.5. The highest BCUT2D eigenvalue weighted by atomic mass is 16.5. The van der Waals surface area contributed by atoms with Gasteiger partial charge in [0.15, 0.2) is 0 Å². The molecule has 2 aromatic carbocycles. The van der Waals surface area contributed by atoms with Crippen molar-refractivity contribution in [3.05, 3.63) is 77.0 Å². The van der Waals surface area contributed by atoms with Crippen LogP contribution in [0.4, 0.5) is 0 Å².